The first-order valence-corrected chi connectivity index (χ1v) is 22.7. The number of benzene rings is 2. The largest absolute Gasteiger partial charge is 0.394 e. The molecule has 0 spiro atoms. The predicted octanol–water partition coefficient (Wildman–Crippen LogP) is -4.24. The van der Waals surface area contributed by atoms with Crippen molar-refractivity contribution in [3.63, 3.8) is 0 Å². The number of aliphatic hydroxyl groups is 1. The standard InChI is InChI=1S/C42H62N14O9S2/c1-23-33(58)55-31(21-66)40(65)56-32(22-67)39(64)51-26(14-8-16-47-41(43)44)34(59)52-29(19-25-12-6-3-7-13-25)37(62)53-28(18-24-10-4-2-5-11-24)36(61)50-27(15-9-17-48-42(45)46)35(60)54-30(20-57)38(63)49-23/h2-7,10-13,23,26-32,57,66-67H,8-9,14-22H2,1H3,(H,49,63)(H,50,61)(H,51,64)(H,52,59)(H,53,62)(H,54,60)(H,55,58)(H,56,65)(H4,43,44,47)(H4,45,46,48)/t23-,26-,27-,28-,29-,30-,31-,32-/m0/s1. The molecule has 0 aliphatic carbocycles. The lowest BCUT2D eigenvalue weighted by Gasteiger charge is -2.28. The molecule has 2 aromatic rings. The first-order valence-electron chi connectivity index (χ1n) is 21.4. The second kappa shape index (κ2) is 28.4. The monoisotopic (exact) mass is 970 g/mol. The van der Waals surface area contributed by atoms with Crippen LogP contribution in [0.25, 0.3) is 0 Å². The zero-order chi connectivity index (χ0) is 49.5. The van der Waals surface area contributed by atoms with Gasteiger partial charge in [-0.25, -0.2) is 0 Å². The van der Waals surface area contributed by atoms with Gasteiger partial charge in [0.2, 0.25) is 47.3 Å². The van der Waals surface area contributed by atoms with Crippen molar-refractivity contribution in [1.82, 2.24) is 53.2 Å². The maximum absolute atomic E-state index is 14.5. The molecule has 0 radical (unpaired) electrons. The third-order valence-electron chi connectivity index (χ3n) is 10.3. The van der Waals surface area contributed by atoms with E-state index in [4.69, 9.17) is 22.3 Å². The van der Waals surface area contributed by atoms with Crippen LogP contribution in [0.5, 0.6) is 0 Å². The van der Waals surface area contributed by atoms with E-state index in [9.17, 15) is 43.5 Å². The number of hydrogen-bond donors (Lipinski definition) is 17. The van der Waals surface area contributed by atoms with Crippen LogP contribution in [0.4, 0.5) is 0 Å². The van der Waals surface area contributed by atoms with E-state index in [1.165, 1.54) is 6.92 Å². The molecule has 25 heteroatoms. The van der Waals surface area contributed by atoms with Crippen LogP contribution in [-0.4, -0.2) is 144 Å². The van der Waals surface area contributed by atoms with Gasteiger partial charge in [0.15, 0.2) is 11.9 Å². The number of guanidine groups is 2. The van der Waals surface area contributed by atoms with Crippen LogP contribution in [0.15, 0.2) is 60.7 Å². The van der Waals surface area contributed by atoms with Crippen molar-refractivity contribution in [3.8, 4) is 0 Å². The maximum Gasteiger partial charge on any atom is 0.245 e. The fraction of sp³-hybridized carbons (Fsp3) is 0.476. The summed E-state index contributed by atoms with van der Waals surface area (Å²) in [6, 6.07) is 6.06. The Labute approximate surface area is 398 Å². The summed E-state index contributed by atoms with van der Waals surface area (Å²) in [6.45, 7) is 0.566. The van der Waals surface area contributed by atoms with Crippen molar-refractivity contribution in [2.75, 3.05) is 31.2 Å². The molecule has 67 heavy (non-hydrogen) atoms. The molecule has 1 fully saturated rings. The normalized spacial score (nSPS) is 24.1. The minimum absolute atomic E-state index is 0.0503. The average Bonchev–Trinajstić information content (AvgIpc) is 3.30. The van der Waals surface area contributed by atoms with Crippen LogP contribution in [-0.2, 0) is 51.2 Å². The Kier molecular flexibility index (Phi) is 23.2. The van der Waals surface area contributed by atoms with Gasteiger partial charge in [-0.3, -0.25) is 49.2 Å². The van der Waals surface area contributed by atoms with E-state index in [-0.39, 0.29) is 75.0 Å². The minimum atomic E-state index is -1.64. The zero-order valence-corrected chi connectivity index (χ0v) is 38.7. The van der Waals surface area contributed by atoms with E-state index < -0.39 is 102 Å². The van der Waals surface area contributed by atoms with Crippen LogP contribution >= 0.6 is 25.3 Å². The molecule has 8 amide bonds. The molecule has 0 bridgehead atoms. The topological polar surface area (TPSA) is 377 Å². The van der Waals surface area contributed by atoms with Gasteiger partial charge in [0, 0.05) is 37.4 Å². The van der Waals surface area contributed by atoms with Crippen LogP contribution in [0.3, 0.4) is 0 Å². The van der Waals surface area contributed by atoms with Crippen molar-refractivity contribution >= 4 is 84.4 Å². The molecular weight excluding hydrogens is 909 g/mol. The summed E-state index contributed by atoms with van der Waals surface area (Å²) in [5.41, 5.74) is 12.1. The van der Waals surface area contributed by atoms with Gasteiger partial charge in [-0.05, 0) is 43.7 Å². The predicted molar refractivity (Wildman–Crippen MR) is 255 cm³/mol. The minimum Gasteiger partial charge on any atom is -0.394 e. The second-order valence-corrected chi connectivity index (χ2v) is 16.3. The number of nitrogens with one attached hydrogen (secondary N) is 12. The molecular formula is C42H62N14O9S2. The molecule has 3 rings (SSSR count). The highest BCUT2D eigenvalue weighted by Crippen LogP contribution is 2.10. The molecule has 366 valence electrons. The first-order chi connectivity index (χ1) is 31.9. The van der Waals surface area contributed by atoms with Gasteiger partial charge in [0.25, 0.3) is 0 Å². The lowest BCUT2D eigenvalue weighted by atomic mass is 10.0. The van der Waals surface area contributed by atoms with E-state index in [1.54, 1.807) is 60.7 Å². The third kappa shape index (κ3) is 19.0. The van der Waals surface area contributed by atoms with Gasteiger partial charge in [0.05, 0.1) is 6.61 Å². The van der Waals surface area contributed by atoms with Crippen LogP contribution < -0.4 is 64.6 Å². The lowest BCUT2D eigenvalue weighted by Crippen LogP contribution is -2.62. The molecule has 8 atom stereocenters. The molecule has 0 aromatic heterocycles. The molecule has 1 aliphatic heterocycles. The van der Waals surface area contributed by atoms with Crippen molar-refractivity contribution in [2.24, 2.45) is 11.5 Å². The number of hydrogen-bond acceptors (Lipinski definition) is 13. The Hall–Kier alpha value is -6.60. The van der Waals surface area contributed by atoms with E-state index >= 15 is 0 Å². The van der Waals surface area contributed by atoms with Crippen molar-refractivity contribution < 1.29 is 43.5 Å². The van der Waals surface area contributed by atoms with Crippen molar-refractivity contribution in [1.29, 1.82) is 10.8 Å². The number of amides is 8. The maximum atomic E-state index is 14.5. The van der Waals surface area contributed by atoms with Gasteiger partial charge in [-0.1, -0.05) is 60.7 Å². The fourth-order valence-corrected chi connectivity index (χ4v) is 7.12. The third-order valence-corrected chi connectivity index (χ3v) is 11.0. The molecule has 0 unspecified atom stereocenters. The Morgan fingerprint density at radius 3 is 1.19 bits per heavy atom. The van der Waals surface area contributed by atoms with Crippen molar-refractivity contribution in [3.05, 3.63) is 71.8 Å². The second-order valence-electron chi connectivity index (χ2n) is 15.6. The lowest BCUT2D eigenvalue weighted by molar-refractivity contribution is -0.136. The highest BCUT2D eigenvalue weighted by molar-refractivity contribution is 7.80. The highest BCUT2D eigenvalue weighted by atomic mass is 32.1. The molecule has 1 aliphatic rings. The van der Waals surface area contributed by atoms with Crippen LogP contribution in [0.1, 0.15) is 43.7 Å². The van der Waals surface area contributed by atoms with Gasteiger partial charge in [-0.2, -0.15) is 25.3 Å². The van der Waals surface area contributed by atoms with Crippen molar-refractivity contribution in [2.45, 2.75) is 93.8 Å². The summed E-state index contributed by atoms with van der Waals surface area (Å²) in [7, 11) is 0. The number of rotatable bonds is 15. The number of carbonyl (C=O) groups excluding carboxylic acids is 8. The van der Waals surface area contributed by atoms with Gasteiger partial charge >= 0.3 is 0 Å². The zero-order valence-electron chi connectivity index (χ0n) is 36.9. The smallest absolute Gasteiger partial charge is 0.245 e. The number of thiol groups is 2. The molecule has 2 aromatic carbocycles. The molecule has 1 saturated heterocycles. The summed E-state index contributed by atoms with van der Waals surface area (Å²) in [5, 5.41) is 50.8. The molecule has 1 heterocycles. The fourth-order valence-electron chi connectivity index (χ4n) is 6.61. The quantitative estimate of drug-likeness (QED) is 0.0349. The van der Waals surface area contributed by atoms with Gasteiger partial charge in [-0.15, -0.1) is 0 Å². The number of aliphatic hydroxyl groups excluding tert-OH is 1. The summed E-state index contributed by atoms with van der Waals surface area (Å²) in [4.78, 5) is 111. The SMILES string of the molecule is C[C@@H]1NC(=O)[C@H](CO)NC(=O)[C@H](CCCNC(=N)N)NC(=O)[C@H](Cc2ccccc2)NC(=O)[C@H](Cc2ccccc2)NC(=O)[C@H](CCCNC(=N)N)NC(=O)[C@H](CS)NC(=O)[C@H](CS)NC1=O. The summed E-state index contributed by atoms with van der Waals surface area (Å²) in [6.07, 6.45) is 0.0128. The number of nitrogens with two attached hydrogens (primary N) is 2. The molecule has 17 N–H and O–H groups in total. The highest BCUT2D eigenvalue weighted by Gasteiger charge is 2.35. The number of carbonyl (C=O) groups is 8. The molecule has 23 nitrogen and oxygen atoms in total. The summed E-state index contributed by atoms with van der Waals surface area (Å²) >= 11 is 8.41. The molecule has 0 saturated carbocycles. The van der Waals surface area contributed by atoms with E-state index in [1.807, 2.05) is 0 Å². The Balaban J connectivity index is 2.14. The van der Waals surface area contributed by atoms with Gasteiger partial charge in [0.1, 0.15) is 48.3 Å². The van der Waals surface area contributed by atoms with E-state index in [2.05, 4.69) is 78.4 Å². The average molecular weight is 971 g/mol. The summed E-state index contributed by atoms with van der Waals surface area (Å²) in [5.74, 6) is -8.20. The van der Waals surface area contributed by atoms with E-state index in [0.29, 0.717) is 11.1 Å². The van der Waals surface area contributed by atoms with E-state index in [0.717, 1.165) is 0 Å². The Morgan fingerprint density at radius 2 is 0.821 bits per heavy atom. The Morgan fingerprint density at radius 1 is 0.507 bits per heavy atom. The van der Waals surface area contributed by atoms with Gasteiger partial charge < -0.3 is 69.7 Å². The Bertz CT molecular complexity index is 2040. The summed E-state index contributed by atoms with van der Waals surface area (Å²) < 4.78 is 0. The first kappa shape index (κ1) is 54.7. The van der Waals surface area contributed by atoms with Crippen LogP contribution in [0.2, 0.25) is 0 Å². The van der Waals surface area contributed by atoms with Crippen LogP contribution in [0, 0.1) is 10.8 Å².